The zero-order chi connectivity index (χ0) is 19.4. The normalized spacial score (nSPS) is 13.1. The Morgan fingerprint density at radius 3 is 2.20 bits per heavy atom. The van der Waals surface area contributed by atoms with Gasteiger partial charge >= 0.3 is 5.97 Å². The number of Topliss-reactive ketones (excluding diaryl/α,β-unsaturated/α-hetero) is 1. The van der Waals surface area contributed by atoms with Crippen LogP contribution in [-0.4, -0.2) is 34.3 Å². The lowest BCUT2D eigenvalue weighted by Gasteiger charge is -2.36. The number of hydrogen-bond acceptors (Lipinski definition) is 5. The highest BCUT2D eigenvalue weighted by molar-refractivity contribution is 6.74. The molecule has 0 aliphatic rings. The van der Waals surface area contributed by atoms with Crippen molar-refractivity contribution < 1.29 is 23.5 Å². The van der Waals surface area contributed by atoms with Gasteiger partial charge in [0, 0.05) is 11.5 Å². The first-order valence-corrected chi connectivity index (χ1v) is 11.3. The van der Waals surface area contributed by atoms with Crippen LogP contribution in [0.25, 0.3) is 0 Å². The minimum absolute atomic E-state index is 0.0554. The van der Waals surface area contributed by atoms with Crippen molar-refractivity contribution in [3.8, 4) is 11.5 Å². The molecule has 0 bridgehead atoms. The van der Waals surface area contributed by atoms with Crippen molar-refractivity contribution in [1.29, 1.82) is 0 Å². The molecule has 1 unspecified atom stereocenters. The minimum atomic E-state index is -2.01. The summed E-state index contributed by atoms with van der Waals surface area (Å²) in [6.45, 7) is 12.5. The van der Waals surface area contributed by atoms with Crippen LogP contribution in [0.15, 0.2) is 18.2 Å². The molecule has 140 valence electrons. The Hall–Kier alpha value is -1.82. The van der Waals surface area contributed by atoms with Crippen LogP contribution in [-0.2, 0) is 9.53 Å². The molecule has 0 saturated heterocycles. The number of benzene rings is 1. The molecule has 6 heteroatoms. The summed E-state index contributed by atoms with van der Waals surface area (Å²) in [5, 5.41) is 0.0571. The number of rotatable bonds is 7. The van der Waals surface area contributed by atoms with Gasteiger partial charge in [0.05, 0.1) is 20.6 Å². The molecule has 0 aromatic heterocycles. The molecule has 25 heavy (non-hydrogen) atoms. The minimum Gasteiger partial charge on any atom is -0.541 e. The van der Waals surface area contributed by atoms with Gasteiger partial charge in [0.1, 0.15) is 5.75 Å². The number of carbonyl (C=O) groups excluding carboxylic acids is 2. The lowest BCUT2D eigenvalue weighted by molar-refractivity contribution is -0.141. The number of hydrogen-bond donors (Lipinski definition) is 0. The van der Waals surface area contributed by atoms with Crippen LogP contribution in [0, 0.1) is 5.92 Å². The third-order valence-electron chi connectivity index (χ3n) is 4.77. The lowest BCUT2D eigenvalue weighted by Crippen LogP contribution is -2.43. The molecule has 1 aromatic carbocycles. The Bertz CT molecular complexity index is 631. The topological polar surface area (TPSA) is 61.8 Å². The van der Waals surface area contributed by atoms with Crippen LogP contribution >= 0.6 is 0 Å². The predicted octanol–water partition coefficient (Wildman–Crippen LogP) is 4.46. The molecule has 0 aliphatic heterocycles. The van der Waals surface area contributed by atoms with Gasteiger partial charge < -0.3 is 13.9 Å². The maximum Gasteiger partial charge on any atom is 0.306 e. The molecular formula is C19H30O5Si. The van der Waals surface area contributed by atoms with Crippen molar-refractivity contribution in [1.82, 2.24) is 0 Å². The van der Waals surface area contributed by atoms with Gasteiger partial charge in [-0.05, 0) is 36.3 Å². The van der Waals surface area contributed by atoms with Crippen LogP contribution in [0.5, 0.6) is 11.5 Å². The van der Waals surface area contributed by atoms with Crippen molar-refractivity contribution in [3.63, 3.8) is 0 Å². The first-order valence-electron chi connectivity index (χ1n) is 8.41. The van der Waals surface area contributed by atoms with Gasteiger partial charge in [-0.15, -0.1) is 0 Å². The van der Waals surface area contributed by atoms with Gasteiger partial charge in [-0.25, -0.2) is 0 Å². The van der Waals surface area contributed by atoms with E-state index in [-0.39, 0.29) is 17.2 Å². The van der Waals surface area contributed by atoms with E-state index in [0.717, 1.165) is 0 Å². The number of ketones is 1. The fourth-order valence-corrected chi connectivity index (χ4v) is 3.07. The van der Waals surface area contributed by atoms with E-state index in [9.17, 15) is 9.59 Å². The van der Waals surface area contributed by atoms with Crippen LogP contribution in [0.3, 0.4) is 0 Å². The Labute approximate surface area is 151 Å². The SMILES string of the molecule is COC(=O)CC(C)C(=O)c1ccc(O[Si](C)(C)C(C)(C)C)c(OC)c1. The molecular weight excluding hydrogens is 336 g/mol. The van der Waals surface area contributed by atoms with Crippen molar-refractivity contribution in [2.45, 2.75) is 52.2 Å². The van der Waals surface area contributed by atoms with E-state index in [2.05, 4.69) is 38.6 Å². The molecule has 0 saturated carbocycles. The van der Waals surface area contributed by atoms with Gasteiger partial charge in [-0.1, -0.05) is 27.7 Å². The number of ether oxygens (including phenoxy) is 2. The molecule has 5 nitrogen and oxygen atoms in total. The van der Waals surface area contributed by atoms with E-state index in [0.29, 0.717) is 17.1 Å². The molecule has 0 radical (unpaired) electrons. The van der Waals surface area contributed by atoms with Gasteiger partial charge in [-0.3, -0.25) is 9.59 Å². The molecule has 0 aliphatic carbocycles. The van der Waals surface area contributed by atoms with E-state index >= 15 is 0 Å². The summed E-state index contributed by atoms with van der Waals surface area (Å²) in [4.78, 5) is 23.9. The van der Waals surface area contributed by atoms with Gasteiger partial charge in [0.25, 0.3) is 8.32 Å². The largest absolute Gasteiger partial charge is 0.541 e. The second-order valence-electron chi connectivity index (χ2n) is 7.77. The van der Waals surface area contributed by atoms with Crippen LogP contribution in [0.1, 0.15) is 44.5 Å². The van der Waals surface area contributed by atoms with E-state index < -0.39 is 20.2 Å². The Morgan fingerprint density at radius 1 is 1.12 bits per heavy atom. The average Bonchev–Trinajstić information content (AvgIpc) is 2.52. The molecule has 0 N–H and O–H groups in total. The first-order chi connectivity index (χ1) is 11.4. The van der Waals surface area contributed by atoms with Gasteiger partial charge in [0.2, 0.25) is 0 Å². The maximum absolute atomic E-state index is 12.5. The van der Waals surface area contributed by atoms with Crippen LogP contribution in [0.2, 0.25) is 18.1 Å². The van der Waals surface area contributed by atoms with E-state index in [1.54, 1.807) is 32.2 Å². The van der Waals surface area contributed by atoms with Crippen LogP contribution < -0.4 is 9.16 Å². The summed E-state index contributed by atoms with van der Waals surface area (Å²) in [5.41, 5.74) is 0.496. The Kier molecular flexibility index (Phi) is 6.82. The van der Waals surface area contributed by atoms with Gasteiger partial charge in [-0.2, -0.15) is 0 Å². The molecule has 1 aromatic rings. The first kappa shape index (κ1) is 21.2. The van der Waals surface area contributed by atoms with Crippen molar-refractivity contribution in [3.05, 3.63) is 23.8 Å². The van der Waals surface area contributed by atoms with Crippen molar-refractivity contribution in [2.75, 3.05) is 14.2 Å². The number of esters is 1. The third-order valence-corrected chi connectivity index (χ3v) is 9.11. The van der Waals surface area contributed by atoms with E-state index in [1.165, 1.54) is 7.11 Å². The average molecular weight is 367 g/mol. The second kappa shape index (κ2) is 8.04. The zero-order valence-corrected chi connectivity index (χ0v) is 17.6. The Morgan fingerprint density at radius 2 is 1.72 bits per heavy atom. The number of methoxy groups -OCH3 is 2. The monoisotopic (exact) mass is 366 g/mol. The van der Waals surface area contributed by atoms with E-state index in [4.69, 9.17) is 9.16 Å². The quantitative estimate of drug-likeness (QED) is 0.405. The third kappa shape index (κ3) is 5.32. The molecule has 0 heterocycles. The molecule has 0 spiro atoms. The highest BCUT2D eigenvalue weighted by Gasteiger charge is 2.39. The molecule has 0 fully saturated rings. The number of carbonyl (C=O) groups is 2. The van der Waals surface area contributed by atoms with Crippen molar-refractivity contribution >= 4 is 20.1 Å². The maximum atomic E-state index is 12.5. The highest BCUT2D eigenvalue weighted by atomic mass is 28.4. The fourth-order valence-electron chi connectivity index (χ4n) is 2.04. The summed E-state index contributed by atoms with van der Waals surface area (Å²) in [6.07, 6.45) is 0.0554. The van der Waals surface area contributed by atoms with Crippen molar-refractivity contribution in [2.24, 2.45) is 5.92 Å². The summed E-state index contributed by atoms with van der Waals surface area (Å²) in [7, 11) is 0.858. The lowest BCUT2D eigenvalue weighted by atomic mass is 9.96. The molecule has 1 rings (SSSR count). The zero-order valence-electron chi connectivity index (χ0n) is 16.6. The summed E-state index contributed by atoms with van der Waals surface area (Å²) in [6, 6.07) is 5.18. The fraction of sp³-hybridized carbons (Fsp3) is 0.579. The second-order valence-corrected chi connectivity index (χ2v) is 12.5. The van der Waals surface area contributed by atoms with Gasteiger partial charge in [0.15, 0.2) is 11.5 Å². The smallest absolute Gasteiger partial charge is 0.306 e. The summed E-state index contributed by atoms with van der Waals surface area (Å²) in [5.74, 6) is 0.199. The summed E-state index contributed by atoms with van der Waals surface area (Å²) >= 11 is 0. The standard InChI is InChI=1S/C19H30O5Si/c1-13(11-17(20)23-6)18(21)14-9-10-15(16(12-14)22-5)24-25(7,8)19(2,3)4/h9-10,12-13H,11H2,1-8H3. The molecule has 0 amide bonds. The van der Waals surface area contributed by atoms with Crippen LogP contribution in [0.4, 0.5) is 0 Å². The Balaban J connectivity index is 3.06. The predicted molar refractivity (Wildman–Crippen MR) is 101 cm³/mol. The highest BCUT2D eigenvalue weighted by Crippen LogP contribution is 2.40. The molecule has 1 atom stereocenters. The summed E-state index contributed by atoms with van der Waals surface area (Å²) < 4.78 is 16.4. The van der Waals surface area contributed by atoms with E-state index in [1.807, 2.05) is 0 Å².